The molecule has 2 amide bonds. The number of hydrogen-bond acceptors (Lipinski definition) is 17. The van der Waals surface area contributed by atoms with Crippen LogP contribution in [0, 0.1) is 0 Å². The summed E-state index contributed by atoms with van der Waals surface area (Å²) in [7, 11) is 2.83. The third-order valence-corrected chi connectivity index (χ3v) is 6.27. The third-order valence-electron chi connectivity index (χ3n) is 6.27. The molecule has 4 N–H and O–H groups in total. The molecule has 1 aliphatic heterocycles. The van der Waals surface area contributed by atoms with E-state index in [1.54, 1.807) is 6.08 Å². The summed E-state index contributed by atoms with van der Waals surface area (Å²) in [5, 5.41) is 18.1. The van der Waals surface area contributed by atoms with Crippen LogP contribution < -0.4 is 15.9 Å². The molecule has 20 heteroatoms. The van der Waals surface area contributed by atoms with Crippen LogP contribution in [0.25, 0.3) is 52.0 Å². The molecule has 12 bridgehead atoms. The number of oxazole rings is 6. The number of carbonyl (C=O) groups excluding carboxylic acids is 2. The van der Waals surface area contributed by atoms with Crippen molar-refractivity contribution in [3.05, 3.63) is 66.8 Å². The monoisotopic (exact) mass is 628 g/mol. The van der Waals surface area contributed by atoms with Crippen LogP contribution in [0.1, 0.15) is 38.8 Å². The summed E-state index contributed by atoms with van der Waals surface area (Å²) in [5.41, 5.74) is 0.608. The van der Waals surface area contributed by atoms with Crippen LogP contribution in [0.5, 0.6) is 0 Å². The normalized spacial score (nSPS) is 15.8. The van der Waals surface area contributed by atoms with Gasteiger partial charge in [-0.25, -0.2) is 29.9 Å². The van der Waals surface area contributed by atoms with Crippen molar-refractivity contribution in [2.24, 2.45) is 0 Å². The minimum atomic E-state index is -1.05. The van der Waals surface area contributed by atoms with Gasteiger partial charge in [0.15, 0.2) is 34.2 Å². The second-order valence-corrected chi connectivity index (χ2v) is 9.30. The van der Waals surface area contributed by atoms with Crippen molar-refractivity contribution in [2.45, 2.75) is 6.04 Å². The second-order valence-electron chi connectivity index (χ2n) is 9.30. The molecule has 0 spiro atoms. The first kappa shape index (κ1) is 28.6. The third kappa shape index (κ3) is 5.61. The second kappa shape index (κ2) is 12.1. The molecular weight excluding hydrogens is 609 g/mol. The van der Waals surface area contributed by atoms with Gasteiger partial charge in [0.05, 0.1) is 6.61 Å². The van der Waals surface area contributed by atoms with Gasteiger partial charge in [0.25, 0.3) is 11.8 Å². The van der Waals surface area contributed by atoms with Gasteiger partial charge < -0.3 is 52.1 Å². The maximum atomic E-state index is 13.2. The van der Waals surface area contributed by atoms with Gasteiger partial charge in [-0.2, -0.15) is 0 Å². The minimum absolute atomic E-state index is 0.0159. The van der Waals surface area contributed by atoms with Gasteiger partial charge in [-0.1, -0.05) is 0 Å². The zero-order valence-corrected chi connectivity index (χ0v) is 23.4. The number of rotatable bonds is 5. The van der Waals surface area contributed by atoms with Crippen molar-refractivity contribution in [1.29, 1.82) is 0 Å². The molecular formula is C26H19BN9O10. The van der Waals surface area contributed by atoms with Crippen LogP contribution in [0.2, 0.25) is 0 Å². The van der Waals surface area contributed by atoms with Crippen molar-refractivity contribution in [1.82, 2.24) is 45.8 Å². The lowest BCUT2D eigenvalue weighted by molar-refractivity contribution is 0.0899. The number of hydrogen-bond donors (Lipinski definition) is 4. The van der Waals surface area contributed by atoms with E-state index in [2.05, 4.69) is 45.8 Å². The van der Waals surface area contributed by atoms with Crippen LogP contribution in [0.4, 0.5) is 0 Å². The molecule has 0 saturated heterocycles. The lowest BCUT2D eigenvalue weighted by atomic mass is 10.2. The van der Waals surface area contributed by atoms with E-state index < -0.39 is 24.5 Å². The average molecular weight is 628 g/mol. The molecule has 0 saturated carbocycles. The molecule has 6 aromatic heterocycles. The van der Waals surface area contributed by atoms with Gasteiger partial charge in [0.2, 0.25) is 35.3 Å². The molecule has 7 rings (SSSR count). The minimum Gasteiger partial charge on any atom is -0.446 e. The van der Waals surface area contributed by atoms with Crippen LogP contribution >= 0.6 is 0 Å². The molecule has 0 aliphatic carbocycles. The topological polar surface area (TPSA) is 256 Å². The van der Waals surface area contributed by atoms with Crippen molar-refractivity contribution in [2.75, 3.05) is 20.3 Å². The summed E-state index contributed by atoms with van der Waals surface area (Å²) < 4.78 is 37.9. The Hall–Kier alpha value is -6.12. The fraction of sp³-hybridized carbons (Fsp3) is 0.154. The summed E-state index contributed by atoms with van der Waals surface area (Å²) >= 11 is 0. The molecule has 1 aliphatic rings. The Labute approximate surface area is 256 Å². The van der Waals surface area contributed by atoms with Gasteiger partial charge in [0, 0.05) is 13.7 Å². The largest absolute Gasteiger partial charge is 0.446 e. The number of nitrogens with one attached hydrogen (secondary N) is 3. The fourth-order valence-corrected chi connectivity index (χ4v) is 4.10. The number of aliphatic hydroxyl groups is 1. The SMILES string of the molecule is CO[B]NC/C=C1/NC(=O)c2coc(n2)-c2coc(n2)-c2coc(n2)C(CO)NC(=O)c2coc(n2)-c2coc(n2)-c2coc1n2. The van der Waals surface area contributed by atoms with Crippen LogP contribution in [0.3, 0.4) is 0 Å². The summed E-state index contributed by atoms with van der Waals surface area (Å²) in [6, 6.07) is -1.05. The van der Waals surface area contributed by atoms with E-state index in [4.69, 9.17) is 31.2 Å². The first-order chi connectivity index (χ1) is 22.5. The van der Waals surface area contributed by atoms with E-state index in [1.807, 2.05) is 0 Å². The van der Waals surface area contributed by atoms with E-state index in [-0.39, 0.29) is 81.7 Å². The lowest BCUT2D eigenvalue weighted by Gasteiger charge is -2.11. The highest BCUT2D eigenvalue weighted by Crippen LogP contribution is 2.28. The number of nitrogens with zero attached hydrogens (tertiary/aromatic N) is 6. The Balaban J connectivity index is 1.26. The maximum absolute atomic E-state index is 13.2. The maximum Gasteiger partial charge on any atom is 0.395 e. The predicted octanol–water partition coefficient (Wildman–Crippen LogP) is 1.60. The molecule has 7 heterocycles. The van der Waals surface area contributed by atoms with Gasteiger partial charge in [-0.05, 0) is 6.08 Å². The molecule has 1 unspecified atom stereocenters. The Morgan fingerprint density at radius 2 is 1.22 bits per heavy atom. The fourth-order valence-electron chi connectivity index (χ4n) is 4.10. The molecule has 1 atom stereocenters. The highest BCUT2D eigenvalue weighted by Gasteiger charge is 2.26. The Morgan fingerprint density at radius 3 is 1.80 bits per heavy atom. The number of carbonyl (C=O) groups is 2. The summed E-state index contributed by atoms with van der Waals surface area (Å²) in [6.45, 7) is -0.335. The molecule has 0 aromatic carbocycles. The Kier molecular flexibility index (Phi) is 7.54. The van der Waals surface area contributed by atoms with E-state index in [1.165, 1.54) is 39.8 Å². The average Bonchev–Trinajstić information content (AvgIpc) is 3.89. The lowest BCUT2D eigenvalue weighted by Crippen LogP contribution is -2.31. The highest BCUT2D eigenvalue weighted by atomic mass is 16.4. The van der Waals surface area contributed by atoms with E-state index in [0.29, 0.717) is 0 Å². The molecule has 231 valence electrons. The van der Waals surface area contributed by atoms with E-state index in [9.17, 15) is 14.7 Å². The van der Waals surface area contributed by atoms with Gasteiger partial charge in [-0.3, -0.25) is 9.59 Å². The number of amides is 2. The molecule has 0 fully saturated rings. The van der Waals surface area contributed by atoms with Gasteiger partial charge in [-0.15, -0.1) is 0 Å². The number of aliphatic hydroxyl groups excluding tert-OH is 1. The van der Waals surface area contributed by atoms with E-state index in [0.717, 1.165) is 12.5 Å². The molecule has 46 heavy (non-hydrogen) atoms. The first-order valence-electron chi connectivity index (χ1n) is 13.2. The smallest absolute Gasteiger partial charge is 0.395 e. The zero-order chi connectivity index (χ0) is 31.6. The molecule has 19 nitrogen and oxygen atoms in total. The summed E-state index contributed by atoms with van der Waals surface area (Å²) in [6.07, 6.45) is 8.84. The van der Waals surface area contributed by atoms with Crippen LogP contribution in [0.15, 0.2) is 70.2 Å². The van der Waals surface area contributed by atoms with Gasteiger partial charge in [0.1, 0.15) is 49.3 Å². The Bertz CT molecular complexity index is 2050. The molecule has 1 radical (unpaired) electrons. The van der Waals surface area contributed by atoms with Crippen molar-refractivity contribution >= 4 is 25.1 Å². The summed E-state index contributed by atoms with van der Waals surface area (Å²) in [5.74, 6) is -1.36. The quantitative estimate of drug-likeness (QED) is 0.156. The van der Waals surface area contributed by atoms with Crippen molar-refractivity contribution in [3.8, 4) is 46.3 Å². The Morgan fingerprint density at radius 1 is 0.739 bits per heavy atom. The van der Waals surface area contributed by atoms with Crippen molar-refractivity contribution < 1.29 is 45.9 Å². The predicted molar refractivity (Wildman–Crippen MR) is 148 cm³/mol. The van der Waals surface area contributed by atoms with Crippen LogP contribution in [-0.4, -0.2) is 74.7 Å². The molecule has 6 aromatic rings. The van der Waals surface area contributed by atoms with Gasteiger partial charge >= 0.3 is 7.62 Å². The highest BCUT2D eigenvalue weighted by molar-refractivity contribution is 6.23. The number of aromatic nitrogens is 6. The standard InChI is InChI=1S/C26H19BN9O10/c1-40-27-28-3-2-11-21-33-17(7-43-21)25-35-16(9-45-25)24-32-14(6-42-24)20(39)30-12(4-37)22-34-18(8-44-22)26-36-15(10-46-26)23-31-13(5-41-23)19(38)29-11/h2,5-10,12,28,37H,3-4H2,1H3,(H,29,38)(H,30,39)/b11-2+. The number of fused-ring (bicyclic) bond motifs is 16. The summed E-state index contributed by atoms with van der Waals surface area (Å²) in [4.78, 5) is 51.8. The van der Waals surface area contributed by atoms with E-state index >= 15 is 0 Å². The van der Waals surface area contributed by atoms with Crippen molar-refractivity contribution in [3.63, 3.8) is 0 Å². The van der Waals surface area contributed by atoms with Crippen LogP contribution in [-0.2, 0) is 4.65 Å². The first-order valence-corrected chi connectivity index (χ1v) is 13.2. The zero-order valence-electron chi connectivity index (χ0n) is 23.4.